The van der Waals surface area contributed by atoms with Crippen molar-refractivity contribution in [3.63, 3.8) is 0 Å². The normalized spacial score (nSPS) is 10.7. The Labute approximate surface area is 109 Å². The minimum Gasteiger partial charge on any atom is -0.378 e. The third-order valence-electron chi connectivity index (χ3n) is 2.28. The molecular formula is C12H23N5O. The van der Waals surface area contributed by atoms with Gasteiger partial charge < -0.3 is 19.9 Å². The molecule has 1 aromatic heterocycles. The molecule has 1 heterocycles. The van der Waals surface area contributed by atoms with Crippen molar-refractivity contribution < 1.29 is 4.74 Å². The minimum absolute atomic E-state index is 0.676. The van der Waals surface area contributed by atoms with Crippen LogP contribution in [0.25, 0.3) is 0 Å². The lowest BCUT2D eigenvalue weighted by Crippen LogP contribution is -2.20. The highest BCUT2D eigenvalue weighted by Crippen LogP contribution is 2.07. The number of nitrogens with one attached hydrogen (secondary N) is 1. The lowest BCUT2D eigenvalue weighted by Gasteiger charge is -2.12. The molecule has 0 fully saturated rings. The average Bonchev–Trinajstić information content (AvgIpc) is 2.33. The average molecular weight is 253 g/mol. The van der Waals surface area contributed by atoms with Crippen LogP contribution in [0.15, 0.2) is 12.3 Å². The molecule has 0 unspecified atom stereocenters. The first kappa shape index (κ1) is 14.7. The van der Waals surface area contributed by atoms with Gasteiger partial charge in [0.2, 0.25) is 5.95 Å². The third-order valence-corrected chi connectivity index (χ3v) is 2.28. The Kier molecular flexibility index (Phi) is 6.38. The first-order valence-electron chi connectivity index (χ1n) is 6.06. The topological polar surface area (TPSA) is 53.5 Å². The third kappa shape index (κ3) is 5.79. The van der Waals surface area contributed by atoms with Crippen molar-refractivity contribution in [3.8, 4) is 0 Å². The fourth-order valence-electron chi connectivity index (χ4n) is 1.26. The second-order valence-electron chi connectivity index (χ2n) is 4.48. The Morgan fingerprint density at radius 1 is 1.22 bits per heavy atom. The molecule has 6 nitrogen and oxygen atoms in total. The number of likely N-dealkylation sites (N-methyl/N-ethyl adjacent to an activating group) is 1. The summed E-state index contributed by atoms with van der Waals surface area (Å²) in [5, 5.41) is 3.21. The first-order valence-corrected chi connectivity index (χ1v) is 6.06. The van der Waals surface area contributed by atoms with E-state index in [1.807, 2.05) is 39.2 Å². The zero-order valence-electron chi connectivity index (χ0n) is 11.7. The molecule has 0 aliphatic rings. The van der Waals surface area contributed by atoms with E-state index in [0.29, 0.717) is 12.6 Å². The van der Waals surface area contributed by atoms with E-state index in [9.17, 15) is 0 Å². The lowest BCUT2D eigenvalue weighted by atomic mass is 10.5. The van der Waals surface area contributed by atoms with Crippen molar-refractivity contribution in [1.29, 1.82) is 0 Å². The summed E-state index contributed by atoms with van der Waals surface area (Å²) in [5.74, 6) is 1.53. The number of anilines is 2. The molecule has 0 aliphatic heterocycles. The molecule has 1 N–H and O–H groups in total. The van der Waals surface area contributed by atoms with Crippen LogP contribution in [0.5, 0.6) is 0 Å². The summed E-state index contributed by atoms with van der Waals surface area (Å²) in [4.78, 5) is 12.5. The molecule has 0 saturated carbocycles. The van der Waals surface area contributed by atoms with Crippen molar-refractivity contribution in [2.75, 3.05) is 64.7 Å². The maximum absolute atomic E-state index is 5.49. The fourth-order valence-corrected chi connectivity index (χ4v) is 1.26. The van der Waals surface area contributed by atoms with Gasteiger partial charge in [0.25, 0.3) is 0 Å². The molecule has 0 amide bonds. The molecule has 0 aliphatic carbocycles. The van der Waals surface area contributed by atoms with Crippen molar-refractivity contribution in [1.82, 2.24) is 14.9 Å². The van der Waals surface area contributed by atoms with Gasteiger partial charge in [-0.1, -0.05) is 0 Å². The molecule has 0 saturated heterocycles. The molecule has 0 aromatic carbocycles. The Morgan fingerprint density at radius 2 is 2.00 bits per heavy atom. The zero-order valence-corrected chi connectivity index (χ0v) is 11.7. The fraction of sp³-hybridized carbons (Fsp3) is 0.667. The van der Waals surface area contributed by atoms with Gasteiger partial charge in [0.1, 0.15) is 5.82 Å². The summed E-state index contributed by atoms with van der Waals surface area (Å²) in [6, 6.07) is 1.85. The van der Waals surface area contributed by atoms with Crippen molar-refractivity contribution in [2.45, 2.75) is 0 Å². The van der Waals surface area contributed by atoms with Gasteiger partial charge in [-0.15, -0.1) is 0 Å². The smallest absolute Gasteiger partial charge is 0.226 e. The van der Waals surface area contributed by atoms with Crippen LogP contribution >= 0.6 is 0 Å². The van der Waals surface area contributed by atoms with Gasteiger partial charge in [0, 0.05) is 33.4 Å². The maximum atomic E-state index is 5.49. The van der Waals surface area contributed by atoms with Crippen molar-refractivity contribution in [2.24, 2.45) is 0 Å². The molecule has 102 valence electrons. The molecule has 0 spiro atoms. The van der Waals surface area contributed by atoms with Crippen LogP contribution in [0.1, 0.15) is 0 Å². The number of hydrogen-bond acceptors (Lipinski definition) is 6. The minimum atomic E-state index is 0.676. The van der Waals surface area contributed by atoms with Gasteiger partial charge in [-0.25, -0.2) is 4.98 Å². The predicted molar refractivity (Wildman–Crippen MR) is 74.2 cm³/mol. The van der Waals surface area contributed by atoms with E-state index in [1.165, 1.54) is 0 Å². The second kappa shape index (κ2) is 7.84. The molecule has 1 aromatic rings. The van der Waals surface area contributed by atoms with Crippen LogP contribution in [-0.4, -0.2) is 69.4 Å². The van der Waals surface area contributed by atoms with E-state index in [0.717, 1.165) is 25.5 Å². The molecule has 0 radical (unpaired) electrons. The van der Waals surface area contributed by atoms with Crippen molar-refractivity contribution >= 4 is 11.8 Å². The second-order valence-corrected chi connectivity index (χ2v) is 4.48. The SMILES string of the molecule is CN(C)CCOCCNc1ccnc(N(C)C)n1. The zero-order chi connectivity index (χ0) is 13.4. The summed E-state index contributed by atoms with van der Waals surface area (Å²) in [6.07, 6.45) is 1.75. The number of nitrogens with zero attached hydrogens (tertiary/aromatic N) is 4. The number of ether oxygens (including phenoxy) is 1. The van der Waals surface area contributed by atoms with Crippen LogP contribution < -0.4 is 10.2 Å². The number of aromatic nitrogens is 2. The lowest BCUT2D eigenvalue weighted by molar-refractivity contribution is 0.126. The van der Waals surface area contributed by atoms with E-state index < -0.39 is 0 Å². The Morgan fingerprint density at radius 3 is 2.67 bits per heavy atom. The molecule has 6 heteroatoms. The highest BCUT2D eigenvalue weighted by Gasteiger charge is 2.00. The van der Waals surface area contributed by atoms with Crippen LogP contribution in [0, 0.1) is 0 Å². The van der Waals surface area contributed by atoms with Gasteiger partial charge in [-0.3, -0.25) is 0 Å². The molecule has 18 heavy (non-hydrogen) atoms. The van der Waals surface area contributed by atoms with Crippen molar-refractivity contribution in [3.05, 3.63) is 12.3 Å². The standard InChI is InChI=1S/C12H23N5O/c1-16(2)8-10-18-9-7-13-11-5-6-14-12(15-11)17(3)4/h5-6H,7-10H2,1-4H3,(H,13,14,15). The van der Waals surface area contributed by atoms with Gasteiger partial charge in [-0.2, -0.15) is 4.98 Å². The molecule has 1 rings (SSSR count). The van der Waals surface area contributed by atoms with E-state index in [2.05, 4.69) is 20.2 Å². The highest BCUT2D eigenvalue weighted by atomic mass is 16.5. The van der Waals surface area contributed by atoms with Gasteiger partial charge in [0.05, 0.1) is 13.2 Å². The van der Waals surface area contributed by atoms with Crippen LogP contribution in [0.3, 0.4) is 0 Å². The first-order chi connectivity index (χ1) is 8.59. The highest BCUT2D eigenvalue weighted by molar-refractivity contribution is 5.40. The van der Waals surface area contributed by atoms with E-state index in [-0.39, 0.29) is 0 Å². The summed E-state index contributed by atoms with van der Waals surface area (Å²) < 4.78 is 5.49. The van der Waals surface area contributed by atoms with Gasteiger partial charge in [0.15, 0.2) is 0 Å². The monoisotopic (exact) mass is 253 g/mol. The Bertz CT molecular complexity index is 343. The largest absolute Gasteiger partial charge is 0.378 e. The number of hydrogen-bond donors (Lipinski definition) is 1. The van der Waals surface area contributed by atoms with Crippen LogP contribution in [0.2, 0.25) is 0 Å². The van der Waals surface area contributed by atoms with E-state index in [1.54, 1.807) is 6.20 Å². The van der Waals surface area contributed by atoms with E-state index >= 15 is 0 Å². The quantitative estimate of drug-likeness (QED) is 0.682. The van der Waals surface area contributed by atoms with Crippen LogP contribution in [-0.2, 0) is 4.74 Å². The molecule has 0 bridgehead atoms. The van der Waals surface area contributed by atoms with Gasteiger partial charge in [-0.05, 0) is 20.2 Å². The summed E-state index contributed by atoms with van der Waals surface area (Å²) in [5.41, 5.74) is 0. The summed E-state index contributed by atoms with van der Waals surface area (Å²) in [6.45, 7) is 3.12. The predicted octanol–water partition coefficient (Wildman–Crippen LogP) is 0.533. The number of rotatable bonds is 8. The summed E-state index contributed by atoms with van der Waals surface area (Å²) in [7, 11) is 7.91. The Balaban J connectivity index is 2.21. The maximum Gasteiger partial charge on any atom is 0.226 e. The van der Waals surface area contributed by atoms with E-state index in [4.69, 9.17) is 4.74 Å². The molecule has 0 atom stereocenters. The summed E-state index contributed by atoms with van der Waals surface area (Å²) >= 11 is 0. The Hall–Kier alpha value is -1.40. The van der Waals surface area contributed by atoms with Crippen LogP contribution in [0.4, 0.5) is 11.8 Å². The van der Waals surface area contributed by atoms with Gasteiger partial charge >= 0.3 is 0 Å². The molecular weight excluding hydrogens is 230 g/mol.